The Hall–Kier alpha value is -3.76. The molecule has 0 saturated heterocycles. The maximum Gasteiger partial charge on any atom is 0.397 e. The zero-order chi connectivity index (χ0) is 35.1. The van der Waals surface area contributed by atoms with Crippen molar-refractivity contribution in [2.45, 2.75) is 14.7 Å². The van der Waals surface area contributed by atoms with Gasteiger partial charge in [-0.3, -0.25) is 4.55 Å². The minimum Gasteiger partial charge on any atom is -0.398 e. The highest BCUT2D eigenvalue weighted by Gasteiger charge is 2.19. The number of nitrogen functional groups attached to an aromatic ring is 1. The topological polar surface area (TPSA) is 311 Å². The molecule has 0 aliphatic carbocycles. The average molecular weight is 767 g/mol. The summed E-state index contributed by atoms with van der Waals surface area (Å²) in [6.45, 7) is -0.826. The Bertz CT molecular complexity index is 2040. The molecule has 4 rings (SSSR count). The molecule has 0 radical (unpaired) electrons. The van der Waals surface area contributed by atoms with E-state index in [2.05, 4.69) is 49.4 Å². The summed E-state index contributed by atoms with van der Waals surface area (Å²) < 4.78 is 92.7. The van der Waals surface area contributed by atoms with Gasteiger partial charge in [0.15, 0.2) is 9.84 Å². The molecule has 1 heterocycles. The number of sulfone groups is 1. The Morgan fingerprint density at radius 3 is 2.25 bits per heavy atom. The fourth-order valence-corrected chi connectivity index (χ4v) is 6.22. The third-order valence-electron chi connectivity index (χ3n) is 5.58. The van der Waals surface area contributed by atoms with Crippen LogP contribution in [0.2, 0.25) is 5.28 Å². The molecule has 4 aromatic rings. The zero-order valence-electron chi connectivity index (χ0n) is 23.6. The summed E-state index contributed by atoms with van der Waals surface area (Å²) in [5.41, 5.74) is 6.70. The van der Waals surface area contributed by atoms with Crippen LogP contribution in [-0.2, 0) is 33.8 Å². The Balaban J connectivity index is 1.64. The minimum absolute atomic E-state index is 0.0509. The normalized spacial score (nSPS) is 12.7. The number of halogens is 1. The van der Waals surface area contributed by atoms with Gasteiger partial charge in [-0.05, 0) is 60.1 Å². The molecule has 0 aliphatic heterocycles. The molecule has 48 heavy (non-hydrogen) atoms. The van der Waals surface area contributed by atoms with Gasteiger partial charge in [-0.15, -0.1) is 9.45 Å². The van der Waals surface area contributed by atoms with Crippen molar-refractivity contribution in [3.63, 3.8) is 0 Å². The highest BCUT2D eigenvalue weighted by Crippen LogP contribution is 2.44. The van der Waals surface area contributed by atoms with Crippen LogP contribution in [-0.4, -0.2) is 67.6 Å². The number of aromatic nitrogens is 3. The number of benzene rings is 3. The van der Waals surface area contributed by atoms with E-state index in [-0.39, 0.29) is 60.3 Å². The molecule has 0 bridgehead atoms. The molecule has 3 aromatic carbocycles. The summed E-state index contributed by atoms with van der Waals surface area (Å²) in [4.78, 5) is 12.0. The number of nitrogens with two attached hydrogens (primary N) is 1. The van der Waals surface area contributed by atoms with E-state index in [1.54, 1.807) is 0 Å². The molecule has 0 spiro atoms. The number of azo groups is 1. The SMILES string of the molecule is Nc1cc(Nc2nc(Cl)nc(Nc3cccc(S(O)(O)O)c3)n2)c(N=Nc2cccc(S(=O)(=O)CCOS(=O)(=O)O)c2)cc1SOOO. The smallest absolute Gasteiger partial charge is 0.397 e. The second-order valence-corrected chi connectivity index (χ2v) is 14.7. The van der Waals surface area contributed by atoms with E-state index in [4.69, 9.17) is 27.1 Å². The Morgan fingerprint density at radius 2 is 1.56 bits per heavy atom. The molecule has 0 unspecified atom stereocenters. The second kappa shape index (κ2) is 15.6. The van der Waals surface area contributed by atoms with Crippen molar-refractivity contribution in [2.24, 2.45) is 10.2 Å². The predicted octanol–water partition coefficient (Wildman–Crippen LogP) is 5.61. The number of hydrogen-bond acceptors (Lipinski definition) is 20. The van der Waals surface area contributed by atoms with Gasteiger partial charge in [0, 0.05) is 11.4 Å². The van der Waals surface area contributed by atoms with E-state index < -0.39 is 43.5 Å². The fourth-order valence-electron chi connectivity index (χ4n) is 3.57. The van der Waals surface area contributed by atoms with Crippen molar-refractivity contribution in [1.82, 2.24) is 15.0 Å². The summed E-state index contributed by atoms with van der Waals surface area (Å²) in [7, 11) is -12.9. The first-order valence-electron chi connectivity index (χ1n) is 12.5. The van der Waals surface area contributed by atoms with Crippen LogP contribution in [0.5, 0.6) is 0 Å². The van der Waals surface area contributed by atoms with Crippen molar-refractivity contribution < 1.29 is 53.9 Å². The van der Waals surface area contributed by atoms with Crippen molar-refractivity contribution in [1.29, 1.82) is 0 Å². The lowest BCUT2D eigenvalue weighted by atomic mass is 10.2. The van der Waals surface area contributed by atoms with E-state index in [9.17, 15) is 30.5 Å². The predicted molar refractivity (Wildman–Crippen MR) is 173 cm³/mol. The quantitative estimate of drug-likeness (QED) is 0.0182. The molecule has 20 nitrogen and oxygen atoms in total. The van der Waals surface area contributed by atoms with Crippen LogP contribution in [0.4, 0.5) is 40.3 Å². The first kappa shape index (κ1) is 37.1. The molecule has 0 atom stereocenters. The van der Waals surface area contributed by atoms with E-state index in [0.717, 1.165) is 6.07 Å². The van der Waals surface area contributed by atoms with Crippen LogP contribution >= 0.6 is 34.5 Å². The van der Waals surface area contributed by atoms with Crippen LogP contribution in [0.1, 0.15) is 0 Å². The molecular formula is C23H23ClN8O12S4. The lowest BCUT2D eigenvalue weighted by Crippen LogP contribution is -2.15. The minimum atomic E-state index is -4.83. The molecule has 1 aromatic heterocycles. The average Bonchev–Trinajstić information content (AvgIpc) is 2.99. The van der Waals surface area contributed by atoms with Crippen LogP contribution in [0, 0.1) is 0 Å². The van der Waals surface area contributed by atoms with Crippen LogP contribution in [0.15, 0.2) is 85.6 Å². The maximum absolute atomic E-state index is 12.6. The summed E-state index contributed by atoms with van der Waals surface area (Å²) in [5.74, 6) is -0.997. The molecule has 258 valence electrons. The number of nitrogens with zero attached hydrogens (tertiary/aromatic N) is 5. The van der Waals surface area contributed by atoms with Crippen molar-refractivity contribution in [3.8, 4) is 0 Å². The van der Waals surface area contributed by atoms with Gasteiger partial charge in [-0.25, -0.2) is 17.9 Å². The Kier molecular flexibility index (Phi) is 12.1. The molecule has 0 saturated carbocycles. The monoisotopic (exact) mass is 766 g/mol. The van der Waals surface area contributed by atoms with E-state index in [0.29, 0.717) is 12.0 Å². The third-order valence-corrected chi connectivity index (χ3v) is 9.44. The third kappa shape index (κ3) is 10.9. The summed E-state index contributed by atoms with van der Waals surface area (Å²) >= 11 is 6.62. The highest BCUT2D eigenvalue weighted by molar-refractivity contribution is 8.19. The summed E-state index contributed by atoms with van der Waals surface area (Å²) in [5, 5.41) is 25.8. The van der Waals surface area contributed by atoms with Gasteiger partial charge in [0.2, 0.25) is 17.2 Å². The standard InChI is InChI=1S/C23H23ClN8O12S4/c24-21-28-22(26-13-3-1-6-16(9-13)47(36,37)38)30-23(29-21)27-18-11-17(25)20(45-44-43-33)12-19(18)32-31-14-4-2-5-15(10-14)46(34,35)8-7-42-48(39,40)41/h1-6,9-12,33,36-38H,7-8,25H2,(H,39,40,41)(H2,26,27,28,29,30). The van der Waals surface area contributed by atoms with Gasteiger partial charge < -0.3 is 30.0 Å². The van der Waals surface area contributed by atoms with Crippen molar-refractivity contribution >= 4 is 95.1 Å². The van der Waals surface area contributed by atoms with Gasteiger partial charge in [-0.2, -0.15) is 28.5 Å². The molecule has 25 heteroatoms. The highest BCUT2D eigenvalue weighted by atomic mass is 35.5. The van der Waals surface area contributed by atoms with E-state index in [1.807, 2.05) is 0 Å². The number of rotatable bonds is 15. The molecular weight excluding hydrogens is 744 g/mol. The number of hydrogen-bond donors (Lipinski definition) is 8. The van der Waals surface area contributed by atoms with E-state index >= 15 is 0 Å². The molecule has 0 fully saturated rings. The number of anilines is 5. The van der Waals surface area contributed by atoms with Gasteiger partial charge in [-0.1, -0.05) is 17.2 Å². The lowest BCUT2D eigenvalue weighted by molar-refractivity contribution is -0.432. The molecule has 9 N–H and O–H groups in total. The van der Waals surface area contributed by atoms with E-state index in [1.165, 1.54) is 54.6 Å². The lowest BCUT2D eigenvalue weighted by Gasteiger charge is -2.19. The van der Waals surface area contributed by atoms with Gasteiger partial charge >= 0.3 is 10.4 Å². The zero-order valence-corrected chi connectivity index (χ0v) is 27.6. The maximum atomic E-state index is 12.6. The van der Waals surface area contributed by atoms with Crippen LogP contribution < -0.4 is 16.4 Å². The number of nitrogens with one attached hydrogen (secondary N) is 2. The second-order valence-electron chi connectivity index (χ2n) is 8.95. The fraction of sp³-hybridized carbons (Fsp3) is 0.0870. The summed E-state index contributed by atoms with van der Waals surface area (Å²) in [6.07, 6.45) is 0. The van der Waals surface area contributed by atoms with Gasteiger partial charge in [0.05, 0.1) is 50.5 Å². The summed E-state index contributed by atoms with van der Waals surface area (Å²) in [6, 6.07) is 13.4. The molecule has 0 amide bonds. The van der Waals surface area contributed by atoms with Crippen molar-refractivity contribution in [3.05, 3.63) is 65.9 Å². The Morgan fingerprint density at radius 1 is 0.875 bits per heavy atom. The van der Waals surface area contributed by atoms with Crippen molar-refractivity contribution in [2.75, 3.05) is 28.7 Å². The van der Waals surface area contributed by atoms with Gasteiger partial charge in [0.1, 0.15) is 16.6 Å². The van der Waals surface area contributed by atoms with Crippen LogP contribution in [0.3, 0.4) is 0 Å². The molecule has 0 aliphatic rings. The largest absolute Gasteiger partial charge is 0.398 e. The van der Waals surface area contributed by atoms with Crippen LogP contribution in [0.25, 0.3) is 0 Å². The van der Waals surface area contributed by atoms with Gasteiger partial charge in [0.25, 0.3) is 0 Å². The first-order chi connectivity index (χ1) is 22.5. The first-order valence-corrected chi connectivity index (χ1v) is 18.2. The Labute approximate surface area is 282 Å².